The van der Waals surface area contributed by atoms with E-state index in [1.54, 1.807) is 6.92 Å². The summed E-state index contributed by atoms with van der Waals surface area (Å²) < 4.78 is 5.53. The molecule has 1 atom stereocenters. The molecule has 5 heteroatoms. The first-order valence-corrected chi connectivity index (χ1v) is 7.27. The van der Waals surface area contributed by atoms with Crippen LogP contribution < -0.4 is 11.1 Å². The van der Waals surface area contributed by atoms with Crippen LogP contribution >= 0.6 is 0 Å². The highest BCUT2D eigenvalue weighted by Gasteiger charge is 2.40. The Morgan fingerprint density at radius 1 is 1.32 bits per heavy atom. The molecule has 0 radical (unpaired) electrons. The molecule has 0 heterocycles. The molecule has 0 aliphatic heterocycles. The average Bonchev–Trinajstić information content (AvgIpc) is 3.20. The quantitative estimate of drug-likeness (QED) is 0.757. The normalized spacial score (nSPS) is 23.6. The van der Waals surface area contributed by atoms with Crippen molar-refractivity contribution in [3.8, 4) is 0 Å². The predicted octanol–water partition coefficient (Wildman–Crippen LogP) is 1.11. The fraction of sp³-hybridized carbons (Fsp3) is 0.857. The van der Waals surface area contributed by atoms with E-state index in [2.05, 4.69) is 5.32 Å². The number of ether oxygens (including phenoxy) is 1. The standard InChI is InChI=1S/C14H24N2O3/c1-10(19-9-11-5-6-11)12(17)16-14(13(15)18)7-3-2-4-8-14/h10-11H,2-9H2,1H3,(H2,15,18)(H,16,17). The molecule has 108 valence electrons. The van der Waals surface area contributed by atoms with Crippen molar-refractivity contribution in [1.82, 2.24) is 5.32 Å². The summed E-state index contributed by atoms with van der Waals surface area (Å²) >= 11 is 0. The second-order valence-electron chi connectivity index (χ2n) is 5.92. The third-order valence-corrected chi connectivity index (χ3v) is 4.19. The lowest BCUT2D eigenvalue weighted by molar-refractivity contribution is -0.139. The largest absolute Gasteiger partial charge is 0.368 e. The summed E-state index contributed by atoms with van der Waals surface area (Å²) in [6, 6.07) is 0. The molecule has 0 aromatic carbocycles. The minimum absolute atomic E-state index is 0.221. The Hall–Kier alpha value is -1.10. The van der Waals surface area contributed by atoms with Gasteiger partial charge in [-0.15, -0.1) is 0 Å². The number of rotatable bonds is 6. The molecule has 0 aromatic rings. The van der Waals surface area contributed by atoms with Crippen LogP contribution in [0.25, 0.3) is 0 Å². The first-order valence-electron chi connectivity index (χ1n) is 7.27. The molecular weight excluding hydrogens is 244 g/mol. The van der Waals surface area contributed by atoms with Crippen molar-refractivity contribution in [2.24, 2.45) is 11.7 Å². The Balaban J connectivity index is 1.88. The van der Waals surface area contributed by atoms with Crippen molar-refractivity contribution in [2.45, 2.75) is 63.5 Å². The Bertz CT molecular complexity index is 347. The third kappa shape index (κ3) is 3.69. The van der Waals surface area contributed by atoms with Crippen LogP contribution in [0.2, 0.25) is 0 Å². The van der Waals surface area contributed by atoms with Crippen molar-refractivity contribution in [1.29, 1.82) is 0 Å². The lowest BCUT2D eigenvalue weighted by atomic mass is 9.81. The van der Waals surface area contributed by atoms with Crippen LogP contribution in [0.1, 0.15) is 51.9 Å². The van der Waals surface area contributed by atoms with Crippen molar-refractivity contribution in [2.75, 3.05) is 6.61 Å². The van der Waals surface area contributed by atoms with Gasteiger partial charge in [-0.05, 0) is 38.5 Å². The molecule has 0 spiro atoms. The van der Waals surface area contributed by atoms with Crippen LogP contribution in [-0.2, 0) is 14.3 Å². The zero-order valence-electron chi connectivity index (χ0n) is 11.6. The molecule has 1 unspecified atom stereocenters. The minimum Gasteiger partial charge on any atom is -0.368 e. The predicted molar refractivity (Wildman–Crippen MR) is 71.3 cm³/mol. The van der Waals surface area contributed by atoms with Gasteiger partial charge in [0.1, 0.15) is 11.6 Å². The smallest absolute Gasteiger partial charge is 0.249 e. The maximum Gasteiger partial charge on any atom is 0.249 e. The number of carbonyl (C=O) groups excluding carboxylic acids is 2. The van der Waals surface area contributed by atoms with Crippen molar-refractivity contribution in [3.05, 3.63) is 0 Å². The lowest BCUT2D eigenvalue weighted by Gasteiger charge is -2.35. The van der Waals surface area contributed by atoms with Crippen molar-refractivity contribution in [3.63, 3.8) is 0 Å². The van der Waals surface area contributed by atoms with E-state index < -0.39 is 17.6 Å². The van der Waals surface area contributed by atoms with Gasteiger partial charge < -0.3 is 15.8 Å². The molecule has 2 aliphatic rings. The summed E-state index contributed by atoms with van der Waals surface area (Å²) in [5.41, 5.74) is 4.63. The van der Waals surface area contributed by atoms with Gasteiger partial charge in [-0.2, -0.15) is 0 Å². The van der Waals surface area contributed by atoms with Crippen molar-refractivity contribution >= 4 is 11.8 Å². The molecule has 5 nitrogen and oxygen atoms in total. The van der Waals surface area contributed by atoms with Crippen LogP contribution in [0.4, 0.5) is 0 Å². The molecule has 2 amide bonds. The topological polar surface area (TPSA) is 81.4 Å². The van der Waals surface area contributed by atoms with Gasteiger partial charge in [0.2, 0.25) is 11.8 Å². The van der Waals surface area contributed by atoms with Crippen LogP contribution in [0.3, 0.4) is 0 Å². The lowest BCUT2D eigenvalue weighted by Crippen LogP contribution is -2.60. The molecule has 0 aromatic heterocycles. The van der Waals surface area contributed by atoms with E-state index in [1.165, 1.54) is 12.8 Å². The highest BCUT2D eigenvalue weighted by atomic mass is 16.5. The van der Waals surface area contributed by atoms with Gasteiger partial charge in [0, 0.05) is 0 Å². The number of amides is 2. The highest BCUT2D eigenvalue weighted by Crippen LogP contribution is 2.30. The van der Waals surface area contributed by atoms with Gasteiger partial charge in [0.05, 0.1) is 6.61 Å². The second-order valence-corrected chi connectivity index (χ2v) is 5.92. The minimum atomic E-state index is -0.855. The van der Waals surface area contributed by atoms with Crippen LogP contribution in [0, 0.1) is 5.92 Å². The SMILES string of the molecule is CC(OCC1CC1)C(=O)NC1(C(N)=O)CCCCC1. The zero-order chi connectivity index (χ0) is 13.9. The molecule has 2 saturated carbocycles. The number of nitrogens with one attached hydrogen (secondary N) is 1. The summed E-state index contributed by atoms with van der Waals surface area (Å²) in [4.78, 5) is 23.8. The first-order chi connectivity index (χ1) is 9.03. The number of carbonyl (C=O) groups is 2. The number of hydrogen-bond donors (Lipinski definition) is 2. The van der Waals surface area contributed by atoms with Gasteiger partial charge in [0.15, 0.2) is 0 Å². The molecule has 2 fully saturated rings. The zero-order valence-corrected chi connectivity index (χ0v) is 11.6. The summed E-state index contributed by atoms with van der Waals surface area (Å²) in [5, 5.41) is 2.84. The van der Waals surface area contributed by atoms with Crippen LogP contribution in [-0.4, -0.2) is 30.1 Å². The second kappa shape index (κ2) is 5.90. The highest BCUT2D eigenvalue weighted by molar-refractivity contribution is 5.91. The molecule has 0 saturated heterocycles. The molecule has 0 bridgehead atoms. The van der Waals surface area contributed by atoms with E-state index in [4.69, 9.17) is 10.5 Å². The number of hydrogen-bond acceptors (Lipinski definition) is 3. The van der Waals surface area contributed by atoms with Gasteiger partial charge in [-0.3, -0.25) is 9.59 Å². The number of nitrogens with two attached hydrogens (primary N) is 1. The van der Waals surface area contributed by atoms with E-state index in [1.807, 2.05) is 0 Å². The summed E-state index contributed by atoms with van der Waals surface area (Å²) in [5.74, 6) is -0.0219. The molecular formula is C14H24N2O3. The maximum atomic E-state index is 12.1. The Morgan fingerprint density at radius 3 is 2.47 bits per heavy atom. The van der Waals surface area contributed by atoms with Gasteiger partial charge in [-0.1, -0.05) is 19.3 Å². The third-order valence-electron chi connectivity index (χ3n) is 4.19. The van der Waals surface area contributed by atoms with E-state index in [0.717, 1.165) is 19.3 Å². The number of primary amides is 1. The molecule has 3 N–H and O–H groups in total. The monoisotopic (exact) mass is 268 g/mol. The Labute approximate surface area is 114 Å². The maximum absolute atomic E-state index is 12.1. The Morgan fingerprint density at radius 2 is 1.95 bits per heavy atom. The molecule has 19 heavy (non-hydrogen) atoms. The van der Waals surface area contributed by atoms with Crippen LogP contribution in [0.5, 0.6) is 0 Å². The summed E-state index contributed by atoms with van der Waals surface area (Å²) in [6.45, 7) is 2.37. The van der Waals surface area contributed by atoms with E-state index in [9.17, 15) is 9.59 Å². The van der Waals surface area contributed by atoms with Gasteiger partial charge >= 0.3 is 0 Å². The van der Waals surface area contributed by atoms with Gasteiger partial charge in [0.25, 0.3) is 0 Å². The van der Waals surface area contributed by atoms with Crippen molar-refractivity contribution < 1.29 is 14.3 Å². The van der Waals surface area contributed by atoms with Gasteiger partial charge in [-0.25, -0.2) is 0 Å². The fourth-order valence-corrected chi connectivity index (χ4v) is 2.57. The fourth-order valence-electron chi connectivity index (χ4n) is 2.57. The summed E-state index contributed by atoms with van der Waals surface area (Å²) in [6.07, 6.45) is 6.12. The first kappa shape index (κ1) is 14.3. The van der Waals surface area contributed by atoms with E-state index in [0.29, 0.717) is 25.4 Å². The average molecular weight is 268 g/mol. The van der Waals surface area contributed by atoms with E-state index >= 15 is 0 Å². The van der Waals surface area contributed by atoms with E-state index in [-0.39, 0.29) is 5.91 Å². The molecule has 2 aliphatic carbocycles. The summed E-state index contributed by atoms with van der Waals surface area (Å²) in [7, 11) is 0. The van der Waals surface area contributed by atoms with Crippen LogP contribution in [0.15, 0.2) is 0 Å². The molecule has 2 rings (SSSR count). The Kier molecular flexibility index (Phi) is 4.45.